The number of aryl methyl sites for hydroxylation is 1. The average Bonchev–Trinajstić information content (AvgIpc) is 2.86. The van der Waals surface area contributed by atoms with Crippen LogP contribution < -0.4 is 4.74 Å². The Morgan fingerprint density at radius 3 is 2.09 bits per heavy atom. The van der Waals surface area contributed by atoms with Crippen LogP contribution in [-0.4, -0.2) is 15.9 Å². The first kappa shape index (κ1) is 28.0. The second-order valence-electron chi connectivity index (χ2n) is 9.75. The molecule has 0 radical (unpaired) electrons. The highest BCUT2D eigenvalue weighted by atomic mass is 16.5. The predicted octanol–water partition coefficient (Wildman–Crippen LogP) is 8.73. The molecule has 0 saturated carbocycles. The Bertz CT molecular complexity index is 786. The topological polar surface area (TPSA) is 52.1 Å². The highest BCUT2D eigenvalue weighted by molar-refractivity contribution is 5.72. The number of unbranched alkanes of at least 4 members (excludes halogenated alkanes) is 9. The quantitative estimate of drug-likeness (QED) is 0.163. The van der Waals surface area contributed by atoms with E-state index in [2.05, 4.69) is 55.0 Å². The first-order chi connectivity index (χ1) is 16.6. The summed E-state index contributed by atoms with van der Waals surface area (Å²) in [5, 5.41) is 0. The number of rotatable bonds is 18. The van der Waals surface area contributed by atoms with E-state index in [0.717, 1.165) is 30.7 Å². The standard InChI is InChI=1S/C30H46N2O2/c1-4-6-7-8-9-10-11-14-17-26-19-21-27(22-20-26)30-31-23-28(24-32-30)34-29(33)18-15-12-13-16-25(3)5-2/h19-25H,4-18H2,1-3H3. The van der Waals surface area contributed by atoms with Crippen LogP contribution in [0.15, 0.2) is 36.7 Å². The van der Waals surface area contributed by atoms with E-state index in [1.54, 1.807) is 12.4 Å². The lowest BCUT2D eigenvalue weighted by Crippen LogP contribution is -2.08. The van der Waals surface area contributed by atoms with Crippen molar-refractivity contribution in [1.29, 1.82) is 0 Å². The number of aromatic nitrogens is 2. The Kier molecular flexibility index (Phi) is 14.2. The molecule has 1 unspecified atom stereocenters. The van der Waals surface area contributed by atoms with Crippen molar-refractivity contribution in [2.45, 2.75) is 117 Å². The van der Waals surface area contributed by atoms with Crippen LogP contribution >= 0.6 is 0 Å². The van der Waals surface area contributed by atoms with Gasteiger partial charge in [-0.2, -0.15) is 0 Å². The third-order valence-corrected chi connectivity index (χ3v) is 6.67. The van der Waals surface area contributed by atoms with Crippen molar-refractivity contribution in [2.24, 2.45) is 5.92 Å². The third-order valence-electron chi connectivity index (χ3n) is 6.67. The Morgan fingerprint density at radius 1 is 0.824 bits per heavy atom. The van der Waals surface area contributed by atoms with E-state index in [-0.39, 0.29) is 5.97 Å². The van der Waals surface area contributed by atoms with Gasteiger partial charge in [-0.25, -0.2) is 9.97 Å². The van der Waals surface area contributed by atoms with Crippen molar-refractivity contribution >= 4 is 5.97 Å². The average molecular weight is 467 g/mol. The SMILES string of the molecule is CCCCCCCCCCc1ccc(-c2ncc(OC(=O)CCCCCC(C)CC)cn2)cc1. The van der Waals surface area contributed by atoms with Crippen LogP contribution in [0.3, 0.4) is 0 Å². The van der Waals surface area contributed by atoms with Gasteiger partial charge in [-0.1, -0.05) is 116 Å². The van der Waals surface area contributed by atoms with Crippen LogP contribution in [0.4, 0.5) is 0 Å². The lowest BCUT2D eigenvalue weighted by Gasteiger charge is -2.08. The number of esters is 1. The minimum Gasteiger partial charge on any atom is -0.423 e. The second-order valence-corrected chi connectivity index (χ2v) is 9.75. The zero-order valence-corrected chi connectivity index (χ0v) is 21.9. The number of hydrogen-bond acceptors (Lipinski definition) is 4. The molecule has 0 bridgehead atoms. The molecule has 0 N–H and O–H groups in total. The molecule has 0 spiro atoms. The molecular weight excluding hydrogens is 420 g/mol. The van der Waals surface area contributed by atoms with Gasteiger partial charge in [0.15, 0.2) is 11.6 Å². The van der Waals surface area contributed by atoms with Crippen molar-refractivity contribution in [3.8, 4) is 17.1 Å². The zero-order chi connectivity index (χ0) is 24.4. The molecule has 0 aliphatic heterocycles. The van der Waals surface area contributed by atoms with E-state index in [1.165, 1.54) is 76.2 Å². The smallest absolute Gasteiger partial charge is 0.311 e. The van der Waals surface area contributed by atoms with Gasteiger partial charge in [0, 0.05) is 12.0 Å². The fraction of sp³-hybridized carbons (Fsp3) is 0.633. The lowest BCUT2D eigenvalue weighted by atomic mass is 10.0. The predicted molar refractivity (Wildman–Crippen MR) is 142 cm³/mol. The number of carbonyl (C=O) groups excluding carboxylic acids is 1. The summed E-state index contributed by atoms with van der Waals surface area (Å²) in [5.74, 6) is 1.64. The van der Waals surface area contributed by atoms with E-state index < -0.39 is 0 Å². The zero-order valence-electron chi connectivity index (χ0n) is 21.9. The molecule has 0 saturated heterocycles. The molecule has 2 rings (SSSR count). The third kappa shape index (κ3) is 11.8. The fourth-order valence-corrected chi connectivity index (χ4v) is 4.13. The molecular formula is C30H46N2O2. The Hall–Kier alpha value is -2.23. The van der Waals surface area contributed by atoms with Crippen LogP contribution in [0, 0.1) is 5.92 Å². The number of benzene rings is 1. The van der Waals surface area contributed by atoms with Gasteiger partial charge in [-0.05, 0) is 30.7 Å². The fourth-order valence-electron chi connectivity index (χ4n) is 4.13. The summed E-state index contributed by atoms with van der Waals surface area (Å²) < 4.78 is 5.40. The highest BCUT2D eigenvalue weighted by Gasteiger charge is 2.08. The van der Waals surface area contributed by atoms with E-state index in [1.807, 2.05) is 0 Å². The maximum atomic E-state index is 12.1. The summed E-state index contributed by atoms with van der Waals surface area (Å²) in [6, 6.07) is 8.52. The second kappa shape index (κ2) is 17.2. The molecule has 0 aliphatic carbocycles. The molecule has 1 heterocycles. The van der Waals surface area contributed by atoms with Gasteiger partial charge >= 0.3 is 5.97 Å². The van der Waals surface area contributed by atoms with Crippen molar-refractivity contribution in [1.82, 2.24) is 9.97 Å². The molecule has 0 fully saturated rings. The summed E-state index contributed by atoms with van der Waals surface area (Å²) in [6.45, 7) is 6.77. The summed E-state index contributed by atoms with van der Waals surface area (Å²) in [7, 11) is 0. The van der Waals surface area contributed by atoms with Crippen molar-refractivity contribution in [3.63, 3.8) is 0 Å². The van der Waals surface area contributed by atoms with Crippen LogP contribution in [0.5, 0.6) is 5.75 Å². The molecule has 0 amide bonds. The molecule has 4 heteroatoms. The van der Waals surface area contributed by atoms with Gasteiger partial charge in [-0.15, -0.1) is 0 Å². The monoisotopic (exact) mass is 466 g/mol. The van der Waals surface area contributed by atoms with Gasteiger partial charge in [0.05, 0.1) is 12.4 Å². The molecule has 34 heavy (non-hydrogen) atoms. The van der Waals surface area contributed by atoms with Crippen molar-refractivity contribution < 1.29 is 9.53 Å². The minimum absolute atomic E-state index is 0.204. The summed E-state index contributed by atoms with van der Waals surface area (Å²) in [5.41, 5.74) is 2.35. The van der Waals surface area contributed by atoms with Gasteiger partial charge < -0.3 is 4.74 Å². The Balaban J connectivity index is 1.66. The maximum Gasteiger partial charge on any atom is 0.311 e. The highest BCUT2D eigenvalue weighted by Crippen LogP contribution is 2.19. The number of ether oxygens (including phenoxy) is 1. The molecule has 0 aliphatic rings. The van der Waals surface area contributed by atoms with Crippen LogP contribution in [0.1, 0.15) is 116 Å². The molecule has 188 valence electrons. The van der Waals surface area contributed by atoms with Crippen LogP contribution in [-0.2, 0) is 11.2 Å². The minimum atomic E-state index is -0.204. The van der Waals surface area contributed by atoms with Gasteiger partial charge in [0.2, 0.25) is 0 Å². The normalized spacial score (nSPS) is 12.0. The molecule has 4 nitrogen and oxygen atoms in total. The van der Waals surface area contributed by atoms with Gasteiger partial charge in [-0.3, -0.25) is 4.79 Å². The largest absolute Gasteiger partial charge is 0.423 e. The molecule has 2 aromatic rings. The van der Waals surface area contributed by atoms with Crippen molar-refractivity contribution in [3.05, 3.63) is 42.2 Å². The molecule has 1 aromatic heterocycles. The number of hydrogen-bond donors (Lipinski definition) is 0. The van der Waals surface area contributed by atoms with Crippen LogP contribution in [0.2, 0.25) is 0 Å². The van der Waals surface area contributed by atoms with Gasteiger partial charge in [0.25, 0.3) is 0 Å². The number of nitrogens with zero attached hydrogens (tertiary/aromatic N) is 2. The Morgan fingerprint density at radius 2 is 1.44 bits per heavy atom. The van der Waals surface area contributed by atoms with E-state index in [4.69, 9.17) is 4.74 Å². The molecule has 1 atom stereocenters. The van der Waals surface area contributed by atoms with Gasteiger partial charge in [0.1, 0.15) is 0 Å². The summed E-state index contributed by atoms with van der Waals surface area (Å²) in [4.78, 5) is 20.9. The first-order valence-electron chi connectivity index (χ1n) is 13.7. The van der Waals surface area contributed by atoms with Crippen LogP contribution in [0.25, 0.3) is 11.4 Å². The first-order valence-corrected chi connectivity index (χ1v) is 13.7. The number of carbonyl (C=O) groups is 1. The van der Waals surface area contributed by atoms with E-state index in [9.17, 15) is 4.79 Å². The maximum absolute atomic E-state index is 12.1. The molecule has 1 aromatic carbocycles. The Labute approximate surface area is 208 Å². The summed E-state index contributed by atoms with van der Waals surface area (Å²) in [6.07, 6.45) is 21.1. The van der Waals surface area contributed by atoms with Crippen molar-refractivity contribution in [2.75, 3.05) is 0 Å². The van der Waals surface area contributed by atoms with E-state index in [0.29, 0.717) is 18.0 Å². The lowest BCUT2D eigenvalue weighted by molar-refractivity contribution is -0.134. The summed E-state index contributed by atoms with van der Waals surface area (Å²) >= 11 is 0. The van der Waals surface area contributed by atoms with E-state index >= 15 is 0 Å².